The molecule has 4 rings (SSSR count). The standard InChI is InChI=1S/C21H13F2N3O4S/c1-30-19-5-2-12(10-17(19)26(28)29)20-16(25-6-7-31-21(25)24-20)3-4-18(27)13-8-14(22)11-15(23)9-13/h2-11H,1H3. The number of halogens is 2. The van der Waals surface area contributed by atoms with Gasteiger partial charge in [0.2, 0.25) is 0 Å². The van der Waals surface area contributed by atoms with E-state index in [1.807, 2.05) is 0 Å². The number of carbonyl (C=O) groups excluding carboxylic acids is 1. The number of thiazole rings is 1. The average Bonchev–Trinajstić information content (AvgIpc) is 3.32. The third kappa shape index (κ3) is 3.92. The number of nitrogens with zero attached hydrogens (tertiary/aromatic N) is 3. The number of benzene rings is 2. The van der Waals surface area contributed by atoms with Crippen molar-refractivity contribution in [3.05, 3.63) is 87.1 Å². The van der Waals surface area contributed by atoms with Gasteiger partial charge in [0, 0.05) is 34.8 Å². The Morgan fingerprint density at radius 2 is 1.97 bits per heavy atom. The quantitative estimate of drug-likeness (QED) is 0.179. The number of rotatable bonds is 6. The molecule has 0 radical (unpaired) electrons. The van der Waals surface area contributed by atoms with Crippen molar-refractivity contribution >= 4 is 33.8 Å². The van der Waals surface area contributed by atoms with Crippen molar-refractivity contribution in [2.45, 2.75) is 0 Å². The number of nitro benzene ring substituents is 1. The van der Waals surface area contributed by atoms with Gasteiger partial charge in [-0.05, 0) is 36.4 Å². The summed E-state index contributed by atoms with van der Waals surface area (Å²) in [4.78, 5) is 28.4. The summed E-state index contributed by atoms with van der Waals surface area (Å²) in [6.07, 6.45) is 4.38. The number of ether oxygens (including phenoxy) is 1. The molecule has 0 fully saturated rings. The van der Waals surface area contributed by atoms with Crippen LogP contribution in [0.3, 0.4) is 0 Å². The molecular formula is C21H13F2N3O4S. The van der Waals surface area contributed by atoms with Crippen LogP contribution in [-0.2, 0) is 0 Å². The summed E-state index contributed by atoms with van der Waals surface area (Å²) in [5.41, 5.74) is 0.986. The molecule has 7 nitrogen and oxygen atoms in total. The van der Waals surface area contributed by atoms with E-state index in [0.29, 0.717) is 28.0 Å². The molecule has 0 amide bonds. The molecule has 156 valence electrons. The highest BCUT2D eigenvalue weighted by Gasteiger charge is 2.20. The Morgan fingerprint density at radius 1 is 1.23 bits per heavy atom. The Hall–Kier alpha value is -3.92. The molecule has 0 aliphatic carbocycles. The lowest BCUT2D eigenvalue weighted by molar-refractivity contribution is -0.385. The van der Waals surface area contributed by atoms with Gasteiger partial charge >= 0.3 is 5.69 Å². The van der Waals surface area contributed by atoms with Crippen molar-refractivity contribution in [3.8, 4) is 17.0 Å². The highest BCUT2D eigenvalue weighted by atomic mass is 32.1. The van der Waals surface area contributed by atoms with Crippen LogP contribution in [0.5, 0.6) is 5.75 Å². The van der Waals surface area contributed by atoms with Crippen molar-refractivity contribution < 1.29 is 23.2 Å². The van der Waals surface area contributed by atoms with E-state index >= 15 is 0 Å². The SMILES string of the molecule is COc1ccc(-c2nc3sccn3c2C=CC(=O)c2cc(F)cc(F)c2)cc1[N+](=O)[O-]. The summed E-state index contributed by atoms with van der Waals surface area (Å²) in [6, 6.07) is 7.00. The second-order valence-electron chi connectivity index (χ2n) is 6.40. The Kier molecular flexibility index (Phi) is 5.30. The normalized spacial score (nSPS) is 11.3. The van der Waals surface area contributed by atoms with Crippen molar-refractivity contribution in [2.24, 2.45) is 0 Å². The number of methoxy groups -OCH3 is 1. The molecule has 0 saturated carbocycles. The Labute approximate surface area is 178 Å². The first-order chi connectivity index (χ1) is 14.9. The Morgan fingerprint density at radius 3 is 2.65 bits per heavy atom. The lowest BCUT2D eigenvalue weighted by atomic mass is 10.1. The molecule has 0 aliphatic rings. The summed E-state index contributed by atoms with van der Waals surface area (Å²) in [5, 5.41) is 13.2. The fraction of sp³-hybridized carbons (Fsp3) is 0.0476. The second-order valence-corrected chi connectivity index (χ2v) is 7.27. The lowest BCUT2D eigenvalue weighted by Crippen LogP contribution is -1.97. The predicted octanol–water partition coefficient (Wildman–Crippen LogP) is 5.15. The molecule has 10 heteroatoms. The Bertz CT molecular complexity index is 1340. The highest BCUT2D eigenvalue weighted by Crippen LogP contribution is 2.34. The number of ketones is 1. The molecule has 0 N–H and O–H groups in total. The molecule has 0 bridgehead atoms. The van der Waals surface area contributed by atoms with E-state index < -0.39 is 22.3 Å². The van der Waals surface area contributed by atoms with Crippen molar-refractivity contribution in [1.82, 2.24) is 9.38 Å². The lowest BCUT2D eigenvalue weighted by Gasteiger charge is -2.05. The molecule has 31 heavy (non-hydrogen) atoms. The van der Waals surface area contributed by atoms with Gasteiger partial charge in [-0.25, -0.2) is 13.8 Å². The summed E-state index contributed by atoms with van der Waals surface area (Å²) in [7, 11) is 1.34. The van der Waals surface area contributed by atoms with Crippen LogP contribution < -0.4 is 4.74 Å². The van der Waals surface area contributed by atoms with Crippen LogP contribution in [-0.4, -0.2) is 27.2 Å². The number of aromatic nitrogens is 2. The number of imidazole rings is 1. The van der Waals surface area contributed by atoms with Crippen molar-refractivity contribution in [1.29, 1.82) is 0 Å². The number of hydrogen-bond acceptors (Lipinski definition) is 6. The minimum absolute atomic E-state index is 0.107. The van der Waals surface area contributed by atoms with E-state index in [2.05, 4.69) is 4.98 Å². The molecule has 2 aromatic carbocycles. The summed E-state index contributed by atoms with van der Waals surface area (Å²) in [5.74, 6) is -2.20. The van der Waals surface area contributed by atoms with Gasteiger partial charge in [-0.2, -0.15) is 0 Å². The van der Waals surface area contributed by atoms with Crippen LogP contribution in [0, 0.1) is 21.7 Å². The minimum Gasteiger partial charge on any atom is -0.490 e. The molecule has 0 unspecified atom stereocenters. The molecule has 0 saturated heterocycles. The van der Waals surface area contributed by atoms with Crippen LogP contribution in [0.25, 0.3) is 22.3 Å². The van der Waals surface area contributed by atoms with Gasteiger partial charge in [-0.1, -0.05) is 0 Å². The van der Waals surface area contributed by atoms with Crippen molar-refractivity contribution in [2.75, 3.05) is 7.11 Å². The number of hydrogen-bond donors (Lipinski definition) is 0. The topological polar surface area (TPSA) is 86.7 Å². The van der Waals surface area contributed by atoms with E-state index in [1.165, 1.54) is 42.7 Å². The maximum atomic E-state index is 13.4. The van der Waals surface area contributed by atoms with E-state index in [1.54, 1.807) is 22.0 Å². The van der Waals surface area contributed by atoms with Crippen molar-refractivity contribution in [3.63, 3.8) is 0 Å². The molecule has 0 atom stereocenters. The van der Waals surface area contributed by atoms with Gasteiger partial charge in [0.25, 0.3) is 0 Å². The van der Waals surface area contributed by atoms with E-state index in [-0.39, 0.29) is 17.0 Å². The minimum atomic E-state index is -0.854. The van der Waals surface area contributed by atoms with Gasteiger partial charge in [-0.15, -0.1) is 11.3 Å². The van der Waals surface area contributed by atoms with Crippen LogP contribution in [0.15, 0.2) is 54.1 Å². The summed E-state index contributed by atoms with van der Waals surface area (Å²) < 4.78 is 33.6. The van der Waals surface area contributed by atoms with Gasteiger partial charge in [0.05, 0.1) is 23.4 Å². The molecule has 0 spiro atoms. The molecular weight excluding hydrogens is 428 g/mol. The average molecular weight is 441 g/mol. The van der Waals surface area contributed by atoms with Crippen LogP contribution in [0.1, 0.15) is 16.1 Å². The smallest absolute Gasteiger partial charge is 0.311 e. The number of allylic oxidation sites excluding steroid dienone is 1. The van der Waals surface area contributed by atoms with E-state index in [4.69, 9.17) is 4.74 Å². The third-order valence-corrected chi connectivity index (χ3v) is 5.24. The highest BCUT2D eigenvalue weighted by molar-refractivity contribution is 7.15. The molecule has 0 aliphatic heterocycles. The molecule has 2 aromatic heterocycles. The zero-order valence-corrected chi connectivity index (χ0v) is 16.7. The molecule has 4 aromatic rings. The third-order valence-electron chi connectivity index (χ3n) is 4.49. The second kappa shape index (κ2) is 8.07. The first-order valence-electron chi connectivity index (χ1n) is 8.84. The maximum Gasteiger partial charge on any atom is 0.311 e. The van der Waals surface area contributed by atoms with Gasteiger partial charge < -0.3 is 4.74 Å². The van der Waals surface area contributed by atoms with Crippen LogP contribution in [0.4, 0.5) is 14.5 Å². The van der Waals surface area contributed by atoms with Crippen LogP contribution >= 0.6 is 11.3 Å². The maximum absolute atomic E-state index is 13.4. The van der Waals surface area contributed by atoms with Crippen LogP contribution in [0.2, 0.25) is 0 Å². The fourth-order valence-corrected chi connectivity index (χ4v) is 3.82. The number of carbonyl (C=O) groups is 1. The van der Waals surface area contributed by atoms with E-state index in [0.717, 1.165) is 12.1 Å². The monoisotopic (exact) mass is 441 g/mol. The first kappa shape index (κ1) is 20.4. The largest absolute Gasteiger partial charge is 0.490 e. The number of fused-ring (bicyclic) bond motifs is 1. The summed E-state index contributed by atoms with van der Waals surface area (Å²) in [6.45, 7) is 0. The first-order valence-corrected chi connectivity index (χ1v) is 9.72. The zero-order chi connectivity index (χ0) is 22.1. The predicted molar refractivity (Wildman–Crippen MR) is 111 cm³/mol. The Balaban J connectivity index is 1.79. The van der Waals surface area contributed by atoms with Gasteiger partial charge in [-0.3, -0.25) is 19.3 Å². The summed E-state index contributed by atoms with van der Waals surface area (Å²) >= 11 is 1.34. The fourth-order valence-electron chi connectivity index (χ4n) is 3.10. The number of nitro groups is 1. The van der Waals surface area contributed by atoms with Gasteiger partial charge in [0.15, 0.2) is 16.5 Å². The zero-order valence-electron chi connectivity index (χ0n) is 15.9. The molecule has 2 heterocycles. The van der Waals surface area contributed by atoms with E-state index in [9.17, 15) is 23.7 Å². The van der Waals surface area contributed by atoms with Gasteiger partial charge in [0.1, 0.15) is 11.6 Å².